The van der Waals surface area contributed by atoms with Gasteiger partial charge >= 0.3 is 15.6 Å². The lowest BCUT2D eigenvalue weighted by molar-refractivity contribution is -0.0611. The Morgan fingerprint density at radius 1 is 1.08 bits per heavy atom. The van der Waals surface area contributed by atoms with Crippen LogP contribution in [0.2, 0.25) is 0 Å². The lowest BCUT2D eigenvalue weighted by atomic mass is 10.3. The maximum atomic E-state index is 12.3. The molecule has 0 amide bonds. The third-order valence-electron chi connectivity index (χ3n) is 3.03. The molecule has 3 rings (SSSR count). The van der Waals surface area contributed by atoms with Crippen molar-refractivity contribution >= 4 is 21.9 Å². The highest BCUT2D eigenvalue weighted by atomic mass is 32.2. The molecule has 2 aromatic rings. The van der Waals surface area contributed by atoms with Gasteiger partial charge in [0.2, 0.25) is 6.29 Å². The van der Waals surface area contributed by atoms with E-state index in [1.165, 1.54) is 30.2 Å². The van der Waals surface area contributed by atoms with Crippen LogP contribution in [0.5, 0.6) is 5.75 Å². The molecule has 25 heavy (non-hydrogen) atoms. The lowest BCUT2D eigenvalue weighted by Gasteiger charge is -2.10. The Kier molecular flexibility index (Phi) is 5.00. The molecule has 1 aliphatic rings. The van der Waals surface area contributed by atoms with E-state index in [1.807, 2.05) is 0 Å². The molecule has 11 heteroatoms. The van der Waals surface area contributed by atoms with Gasteiger partial charge in [-0.05, 0) is 30.3 Å². The lowest BCUT2D eigenvalue weighted by Crippen LogP contribution is -2.27. The highest BCUT2D eigenvalue weighted by Crippen LogP contribution is 2.37. The maximum absolute atomic E-state index is 12.3. The van der Waals surface area contributed by atoms with E-state index < -0.39 is 27.7 Å². The van der Waals surface area contributed by atoms with Crippen LogP contribution < -0.4 is 4.18 Å². The van der Waals surface area contributed by atoms with Crippen LogP contribution in [0.1, 0.15) is 12.1 Å². The molecule has 1 aromatic carbocycles. The molecule has 1 aliphatic heterocycles. The van der Waals surface area contributed by atoms with Gasteiger partial charge < -0.3 is 18.1 Å². The van der Waals surface area contributed by atoms with Crippen molar-refractivity contribution in [3.8, 4) is 5.75 Å². The van der Waals surface area contributed by atoms with E-state index in [-0.39, 0.29) is 0 Å². The fraction of sp³-hybridized carbons (Fsp3) is 0.286. The summed E-state index contributed by atoms with van der Waals surface area (Å²) in [6.07, 6.45) is 0.868. The Morgan fingerprint density at radius 3 is 2.32 bits per heavy atom. The molecule has 0 radical (unpaired) electrons. The number of alkyl halides is 3. The van der Waals surface area contributed by atoms with Crippen LogP contribution in [0.15, 0.2) is 50.8 Å². The zero-order chi connectivity index (χ0) is 18.1. The van der Waals surface area contributed by atoms with Crippen molar-refractivity contribution in [2.45, 2.75) is 21.6 Å². The Labute approximate surface area is 145 Å². The molecule has 0 spiro atoms. The van der Waals surface area contributed by atoms with Crippen LogP contribution in [0.25, 0.3) is 0 Å². The third-order valence-corrected chi connectivity index (χ3v) is 5.08. The minimum absolute atomic E-state index is 0.434. The Morgan fingerprint density at radius 2 is 1.72 bits per heavy atom. The second-order valence-electron chi connectivity index (χ2n) is 4.78. The van der Waals surface area contributed by atoms with Gasteiger partial charge in [-0.2, -0.15) is 21.6 Å². The van der Waals surface area contributed by atoms with Crippen molar-refractivity contribution in [3.63, 3.8) is 0 Å². The molecular formula is C14H11F3O6S2. The van der Waals surface area contributed by atoms with Gasteiger partial charge in [0.05, 0.1) is 24.4 Å². The van der Waals surface area contributed by atoms with Gasteiger partial charge in [0.15, 0.2) is 5.76 Å². The summed E-state index contributed by atoms with van der Waals surface area (Å²) < 4.78 is 78.9. The summed E-state index contributed by atoms with van der Waals surface area (Å²) in [6.45, 7) is 0.907. The fourth-order valence-electron chi connectivity index (χ4n) is 1.94. The minimum atomic E-state index is -5.69. The van der Waals surface area contributed by atoms with Crippen molar-refractivity contribution in [2.24, 2.45) is 0 Å². The first-order valence-corrected chi connectivity index (χ1v) is 9.08. The van der Waals surface area contributed by atoms with Gasteiger partial charge in [-0.3, -0.25) is 0 Å². The summed E-state index contributed by atoms with van der Waals surface area (Å²) in [5, 5.41) is 0. The number of furan rings is 1. The molecule has 0 atom stereocenters. The van der Waals surface area contributed by atoms with Crippen molar-refractivity contribution < 1.29 is 39.7 Å². The summed E-state index contributed by atoms with van der Waals surface area (Å²) in [5.74, 6) is 0.0547. The van der Waals surface area contributed by atoms with E-state index in [1.54, 1.807) is 6.07 Å². The van der Waals surface area contributed by atoms with Crippen LogP contribution in [-0.2, 0) is 19.6 Å². The Bertz CT molecular complexity index is 823. The van der Waals surface area contributed by atoms with Crippen LogP contribution in [-0.4, -0.2) is 27.1 Å². The standard InChI is InChI=1S/C14H11F3O6S2/c15-14(16,17)25(18,19)23-9-1-3-10(4-2-9)24-11-5-6-20-12(11)13-21-7-8-22-13/h1-6,13H,7-8H2. The molecule has 1 saturated heterocycles. The minimum Gasteiger partial charge on any atom is -0.463 e. The molecule has 1 fully saturated rings. The van der Waals surface area contributed by atoms with Crippen molar-refractivity contribution in [1.29, 1.82) is 0 Å². The first kappa shape index (κ1) is 18.1. The predicted octanol–water partition coefficient (Wildman–Crippen LogP) is 3.70. The van der Waals surface area contributed by atoms with E-state index in [9.17, 15) is 21.6 Å². The van der Waals surface area contributed by atoms with E-state index in [0.717, 1.165) is 12.1 Å². The van der Waals surface area contributed by atoms with Gasteiger partial charge in [-0.25, -0.2) is 0 Å². The largest absolute Gasteiger partial charge is 0.534 e. The average molecular weight is 396 g/mol. The summed E-state index contributed by atoms with van der Waals surface area (Å²) in [7, 11) is -5.69. The monoisotopic (exact) mass is 396 g/mol. The van der Waals surface area contributed by atoms with E-state index in [2.05, 4.69) is 4.18 Å². The third kappa shape index (κ3) is 4.11. The van der Waals surface area contributed by atoms with Gasteiger partial charge in [-0.15, -0.1) is 0 Å². The molecule has 0 aliphatic carbocycles. The summed E-state index contributed by atoms with van der Waals surface area (Å²) in [5.41, 5.74) is -5.48. The topological polar surface area (TPSA) is 75.0 Å². The normalized spacial score (nSPS) is 16.3. The number of halogens is 3. The number of rotatable bonds is 5. The summed E-state index contributed by atoms with van der Waals surface area (Å²) in [6, 6.07) is 6.82. The van der Waals surface area contributed by atoms with Crippen LogP contribution in [0, 0.1) is 0 Å². The van der Waals surface area contributed by atoms with Gasteiger partial charge in [-0.1, -0.05) is 11.8 Å². The Balaban J connectivity index is 1.71. The quantitative estimate of drug-likeness (QED) is 0.563. The van der Waals surface area contributed by atoms with E-state index >= 15 is 0 Å². The van der Waals surface area contributed by atoms with Crippen LogP contribution >= 0.6 is 11.8 Å². The second kappa shape index (κ2) is 6.90. The molecule has 0 bridgehead atoms. The molecule has 0 saturated carbocycles. The predicted molar refractivity (Wildman–Crippen MR) is 79.5 cm³/mol. The first-order valence-electron chi connectivity index (χ1n) is 6.85. The van der Waals surface area contributed by atoms with E-state index in [4.69, 9.17) is 13.9 Å². The second-order valence-corrected chi connectivity index (χ2v) is 7.43. The fourth-order valence-corrected chi connectivity index (χ4v) is 3.29. The van der Waals surface area contributed by atoms with Gasteiger partial charge in [0.25, 0.3) is 0 Å². The Hall–Kier alpha value is -1.69. The highest BCUT2D eigenvalue weighted by molar-refractivity contribution is 7.99. The average Bonchev–Trinajstić information content (AvgIpc) is 3.18. The SMILES string of the molecule is O=S(=O)(Oc1ccc(Sc2ccoc2C2OCCO2)cc1)C(F)(F)F. The number of benzene rings is 1. The zero-order valence-corrected chi connectivity index (χ0v) is 14.0. The molecule has 6 nitrogen and oxygen atoms in total. The molecule has 0 unspecified atom stereocenters. The van der Waals surface area contributed by atoms with Crippen LogP contribution in [0.4, 0.5) is 13.2 Å². The highest BCUT2D eigenvalue weighted by Gasteiger charge is 2.48. The van der Waals surface area contributed by atoms with Crippen molar-refractivity contribution in [2.75, 3.05) is 13.2 Å². The van der Waals surface area contributed by atoms with E-state index in [0.29, 0.717) is 28.8 Å². The smallest absolute Gasteiger partial charge is 0.463 e. The summed E-state index contributed by atoms with van der Waals surface area (Å²) >= 11 is 1.26. The number of hydrogen-bond donors (Lipinski definition) is 0. The molecule has 2 heterocycles. The molecular weight excluding hydrogens is 385 g/mol. The summed E-state index contributed by atoms with van der Waals surface area (Å²) in [4.78, 5) is 1.35. The van der Waals surface area contributed by atoms with Gasteiger partial charge in [0.1, 0.15) is 5.75 Å². The van der Waals surface area contributed by atoms with Crippen molar-refractivity contribution in [1.82, 2.24) is 0 Å². The molecule has 1 aromatic heterocycles. The number of hydrogen-bond acceptors (Lipinski definition) is 7. The molecule has 0 N–H and O–H groups in total. The first-order chi connectivity index (χ1) is 11.8. The van der Waals surface area contributed by atoms with Crippen molar-refractivity contribution in [3.05, 3.63) is 42.4 Å². The van der Waals surface area contributed by atoms with Gasteiger partial charge in [0, 0.05) is 4.90 Å². The zero-order valence-electron chi connectivity index (χ0n) is 12.4. The number of ether oxygens (including phenoxy) is 2. The molecule has 136 valence electrons. The van der Waals surface area contributed by atoms with Crippen LogP contribution in [0.3, 0.4) is 0 Å². The maximum Gasteiger partial charge on any atom is 0.534 e.